The number of hydrogen-bond acceptors (Lipinski definition) is 3. The van der Waals surface area contributed by atoms with Crippen molar-refractivity contribution in [1.82, 2.24) is 4.90 Å². The van der Waals surface area contributed by atoms with E-state index in [-0.39, 0.29) is 0 Å². The Morgan fingerprint density at radius 1 is 1.38 bits per heavy atom. The third-order valence-electron chi connectivity index (χ3n) is 3.57. The van der Waals surface area contributed by atoms with Crippen molar-refractivity contribution in [2.75, 3.05) is 19.0 Å². The number of carbonyl (C=O) groups is 1. The Morgan fingerprint density at radius 2 is 2.00 bits per heavy atom. The van der Waals surface area contributed by atoms with Crippen LogP contribution in [0.1, 0.15) is 23.2 Å². The highest BCUT2D eigenvalue weighted by Crippen LogP contribution is 2.25. The van der Waals surface area contributed by atoms with Crippen LogP contribution in [-0.2, 0) is 0 Å². The summed E-state index contributed by atoms with van der Waals surface area (Å²) in [4.78, 5) is 23.2. The summed E-state index contributed by atoms with van der Waals surface area (Å²) in [6.07, 6.45) is 1.35. The molecule has 21 heavy (non-hydrogen) atoms. The molecule has 1 aliphatic rings. The van der Waals surface area contributed by atoms with Crippen molar-refractivity contribution in [2.45, 2.75) is 12.8 Å². The van der Waals surface area contributed by atoms with Crippen LogP contribution in [0.25, 0.3) is 0 Å². The summed E-state index contributed by atoms with van der Waals surface area (Å²) in [6.45, 7) is 0.750. The zero-order valence-corrected chi connectivity index (χ0v) is 11.8. The van der Waals surface area contributed by atoms with Crippen LogP contribution in [-0.4, -0.2) is 34.7 Å². The van der Waals surface area contributed by atoms with Gasteiger partial charge < -0.3 is 4.90 Å². The Balaban J connectivity index is 2.26. The van der Waals surface area contributed by atoms with E-state index in [1.54, 1.807) is 0 Å². The van der Waals surface area contributed by atoms with Gasteiger partial charge in [0.1, 0.15) is 5.82 Å². The highest BCUT2D eigenvalue weighted by molar-refractivity contribution is 6.18. The van der Waals surface area contributed by atoms with Gasteiger partial charge in [0.05, 0.1) is 16.6 Å². The largest absolute Gasteiger partial charge is 0.339 e. The molecule has 0 aromatic heterocycles. The normalized spacial score (nSPS) is 16.0. The number of hydrogen-bond donors (Lipinski definition) is 0. The van der Waals surface area contributed by atoms with Gasteiger partial charge in [-0.05, 0) is 24.8 Å². The number of nitro groups is 1. The minimum atomic E-state index is -1.30. The van der Waals surface area contributed by atoms with Crippen LogP contribution >= 0.6 is 11.6 Å². The van der Waals surface area contributed by atoms with Crippen molar-refractivity contribution in [3.8, 4) is 0 Å². The Bertz CT molecular complexity index is 575. The number of rotatable bonds is 3. The average molecular weight is 319 g/mol. The van der Waals surface area contributed by atoms with Gasteiger partial charge >= 0.3 is 5.69 Å². The highest BCUT2D eigenvalue weighted by atomic mass is 35.5. The van der Waals surface area contributed by atoms with E-state index in [4.69, 9.17) is 11.6 Å². The molecule has 1 aliphatic heterocycles. The molecule has 1 aromatic carbocycles. The molecule has 1 heterocycles. The Kier molecular flexibility index (Phi) is 4.72. The molecule has 0 saturated carbocycles. The van der Waals surface area contributed by atoms with Crippen molar-refractivity contribution in [3.63, 3.8) is 0 Å². The first kappa shape index (κ1) is 15.6. The zero-order chi connectivity index (χ0) is 15.6. The summed E-state index contributed by atoms with van der Waals surface area (Å²) in [5, 5.41) is 10.7. The van der Waals surface area contributed by atoms with Crippen LogP contribution in [0.4, 0.5) is 14.5 Å². The van der Waals surface area contributed by atoms with Gasteiger partial charge in [0.25, 0.3) is 5.91 Å². The monoisotopic (exact) mass is 318 g/mol. The number of nitro benzene ring substituents is 1. The molecular formula is C13H13ClF2N2O3. The van der Waals surface area contributed by atoms with Crippen LogP contribution in [0, 0.1) is 27.7 Å². The number of piperidine rings is 1. The summed E-state index contributed by atoms with van der Waals surface area (Å²) in [6, 6.07) is 1.16. The first-order valence-corrected chi connectivity index (χ1v) is 6.96. The predicted molar refractivity (Wildman–Crippen MR) is 72.4 cm³/mol. The van der Waals surface area contributed by atoms with Gasteiger partial charge in [-0.3, -0.25) is 14.9 Å². The number of amides is 1. The van der Waals surface area contributed by atoms with Gasteiger partial charge in [0.15, 0.2) is 0 Å². The summed E-state index contributed by atoms with van der Waals surface area (Å²) >= 11 is 5.74. The second-order valence-corrected chi connectivity index (χ2v) is 5.24. The van der Waals surface area contributed by atoms with Gasteiger partial charge in [-0.1, -0.05) is 0 Å². The molecule has 0 atom stereocenters. The summed E-state index contributed by atoms with van der Waals surface area (Å²) in [5.74, 6) is -2.26. The fraction of sp³-hybridized carbons (Fsp3) is 0.462. The van der Waals surface area contributed by atoms with Crippen LogP contribution in [0.3, 0.4) is 0 Å². The number of nitrogens with zero attached hydrogens (tertiary/aromatic N) is 2. The van der Waals surface area contributed by atoms with Crippen molar-refractivity contribution in [2.24, 2.45) is 5.92 Å². The maximum atomic E-state index is 14.0. The van der Waals surface area contributed by atoms with Crippen LogP contribution < -0.4 is 0 Å². The molecule has 5 nitrogen and oxygen atoms in total. The van der Waals surface area contributed by atoms with E-state index >= 15 is 0 Å². The first-order chi connectivity index (χ1) is 9.93. The number of alkyl halides is 1. The lowest BCUT2D eigenvalue weighted by Crippen LogP contribution is -2.39. The maximum Gasteiger partial charge on any atom is 0.308 e. The standard InChI is InChI=1S/C13H13ClF2N2O3/c14-7-8-1-3-17(4-2-8)13(19)10-5-9(15)6-11(12(10)16)18(20)21/h5-6,8H,1-4,7H2. The Labute approximate surface area is 124 Å². The predicted octanol–water partition coefficient (Wildman–Crippen LogP) is 2.96. The van der Waals surface area contributed by atoms with E-state index in [1.807, 2.05) is 0 Å². The quantitative estimate of drug-likeness (QED) is 0.489. The number of halogens is 3. The van der Waals surface area contributed by atoms with E-state index < -0.39 is 33.7 Å². The van der Waals surface area contributed by atoms with Crippen molar-refractivity contribution in [3.05, 3.63) is 39.4 Å². The highest BCUT2D eigenvalue weighted by Gasteiger charge is 2.29. The molecule has 1 aromatic rings. The van der Waals surface area contributed by atoms with Crippen LogP contribution in [0.2, 0.25) is 0 Å². The van der Waals surface area contributed by atoms with E-state index in [2.05, 4.69) is 0 Å². The van der Waals surface area contributed by atoms with E-state index in [0.717, 1.165) is 0 Å². The lowest BCUT2D eigenvalue weighted by Gasteiger charge is -2.31. The molecular weight excluding hydrogens is 306 g/mol. The molecule has 8 heteroatoms. The van der Waals surface area contributed by atoms with E-state index in [1.165, 1.54) is 4.90 Å². The first-order valence-electron chi connectivity index (χ1n) is 6.42. The van der Waals surface area contributed by atoms with Crippen LogP contribution in [0.15, 0.2) is 12.1 Å². The number of carbonyl (C=O) groups excluding carboxylic acids is 1. The van der Waals surface area contributed by atoms with Crippen molar-refractivity contribution < 1.29 is 18.5 Å². The van der Waals surface area contributed by atoms with Crippen molar-refractivity contribution >= 4 is 23.2 Å². The lowest BCUT2D eigenvalue weighted by atomic mass is 9.98. The third-order valence-corrected chi connectivity index (χ3v) is 4.00. The smallest absolute Gasteiger partial charge is 0.308 e. The third kappa shape index (κ3) is 3.29. The minimum Gasteiger partial charge on any atom is -0.339 e. The fourth-order valence-electron chi connectivity index (χ4n) is 2.32. The Hall–Kier alpha value is -1.76. The minimum absolute atomic E-state index is 0.294. The molecule has 0 N–H and O–H groups in total. The van der Waals surface area contributed by atoms with Crippen molar-refractivity contribution in [1.29, 1.82) is 0 Å². The topological polar surface area (TPSA) is 63.4 Å². The molecule has 1 saturated heterocycles. The molecule has 114 valence electrons. The second-order valence-electron chi connectivity index (χ2n) is 4.93. The van der Waals surface area contributed by atoms with Crippen LogP contribution in [0.5, 0.6) is 0 Å². The Morgan fingerprint density at radius 3 is 2.52 bits per heavy atom. The van der Waals surface area contributed by atoms with Gasteiger partial charge in [0.2, 0.25) is 5.82 Å². The van der Waals surface area contributed by atoms with Gasteiger partial charge in [-0.2, -0.15) is 4.39 Å². The maximum absolute atomic E-state index is 14.0. The SMILES string of the molecule is O=C(c1cc(F)cc([N+](=O)[O-])c1F)N1CCC(CCl)CC1. The zero-order valence-electron chi connectivity index (χ0n) is 11.0. The fourth-order valence-corrected chi connectivity index (χ4v) is 2.63. The number of benzene rings is 1. The molecule has 0 unspecified atom stereocenters. The number of likely N-dealkylation sites (tertiary alicyclic amines) is 1. The summed E-state index contributed by atoms with van der Waals surface area (Å²) < 4.78 is 27.3. The second kappa shape index (κ2) is 6.34. The van der Waals surface area contributed by atoms with Gasteiger partial charge in [-0.15, -0.1) is 11.6 Å². The summed E-state index contributed by atoms with van der Waals surface area (Å²) in [7, 11) is 0. The lowest BCUT2D eigenvalue weighted by molar-refractivity contribution is -0.387. The molecule has 0 radical (unpaired) electrons. The van der Waals surface area contributed by atoms with E-state index in [9.17, 15) is 23.7 Å². The molecule has 1 fully saturated rings. The molecule has 1 amide bonds. The average Bonchev–Trinajstić information content (AvgIpc) is 2.48. The van der Waals surface area contributed by atoms with Gasteiger partial charge in [0, 0.05) is 19.0 Å². The molecule has 0 aliphatic carbocycles. The molecule has 2 rings (SSSR count). The van der Waals surface area contributed by atoms with Gasteiger partial charge in [-0.25, -0.2) is 4.39 Å². The molecule has 0 bridgehead atoms. The molecule has 0 spiro atoms. The van der Waals surface area contributed by atoms with E-state index in [0.29, 0.717) is 49.9 Å². The summed E-state index contributed by atoms with van der Waals surface area (Å²) in [5.41, 5.74) is -1.64.